The van der Waals surface area contributed by atoms with Crippen LogP contribution in [-0.2, 0) is 19.1 Å². The molecule has 0 fully saturated rings. The van der Waals surface area contributed by atoms with Gasteiger partial charge in [0.15, 0.2) is 0 Å². The fourth-order valence-corrected chi connectivity index (χ4v) is 8.01. The van der Waals surface area contributed by atoms with E-state index in [9.17, 15) is 0 Å². The summed E-state index contributed by atoms with van der Waals surface area (Å²) in [6.07, 6.45) is 5.78. The van der Waals surface area contributed by atoms with Crippen LogP contribution in [0.1, 0.15) is 0 Å². The molecule has 0 saturated heterocycles. The number of allylic oxidation sites excluding steroid dienone is 3. The van der Waals surface area contributed by atoms with Crippen molar-refractivity contribution in [1.82, 2.24) is 0 Å². The number of hydrogen-bond acceptors (Lipinski definition) is 0. The van der Waals surface area contributed by atoms with Gasteiger partial charge in [-0.3, -0.25) is 0 Å². The van der Waals surface area contributed by atoms with Crippen LogP contribution in [0.4, 0.5) is 0 Å². The SMILES string of the molecule is C=C[CH2][Zr]([Cl])([CH2]C=C)[CH2]C=C. The second-order valence-corrected chi connectivity index (χ2v) is 16.0. The minimum absolute atomic E-state index is 1.01. The molecule has 0 rings (SSSR count). The van der Waals surface area contributed by atoms with Crippen molar-refractivity contribution in [2.45, 2.75) is 12.4 Å². The molecule has 11 heavy (non-hydrogen) atoms. The Bertz CT molecular complexity index is 125. The first-order valence-corrected chi connectivity index (χ1v) is 12.1. The van der Waals surface area contributed by atoms with Crippen LogP contribution in [0.5, 0.6) is 0 Å². The van der Waals surface area contributed by atoms with Crippen molar-refractivity contribution in [3.05, 3.63) is 38.0 Å². The van der Waals surface area contributed by atoms with Crippen molar-refractivity contribution in [3.8, 4) is 0 Å². The second kappa shape index (κ2) is 5.97. The first kappa shape index (κ1) is 11.4. The van der Waals surface area contributed by atoms with Crippen LogP contribution >= 0.6 is 8.51 Å². The fourth-order valence-electron chi connectivity index (χ4n) is 1.03. The Hall–Kier alpha value is 0.393. The Morgan fingerprint density at radius 3 is 1.36 bits per heavy atom. The van der Waals surface area contributed by atoms with Gasteiger partial charge in [0.2, 0.25) is 0 Å². The summed E-state index contributed by atoms with van der Waals surface area (Å²) >= 11 is -2.35. The van der Waals surface area contributed by atoms with Crippen LogP contribution in [-0.4, -0.2) is 0 Å². The van der Waals surface area contributed by atoms with Gasteiger partial charge in [-0.05, 0) is 0 Å². The van der Waals surface area contributed by atoms with E-state index in [2.05, 4.69) is 19.7 Å². The molecule has 0 bridgehead atoms. The Morgan fingerprint density at radius 1 is 0.909 bits per heavy atom. The normalized spacial score (nSPS) is 10.6. The van der Waals surface area contributed by atoms with Gasteiger partial charge in [0, 0.05) is 0 Å². The molecule has 0 aliphatic heterocycles. The van der Waals surface area contributed by atoms with Crippen LogP contribution in [0, 0.1) is 0 Å². The van der Waals surface area contributed by atoms with E-state index >= 15 is 0 Å². The van der Waals surface area contributed by atoms with E-state index in [0.717, 1.165) is 12.4 Å². The summed E-state index contributed by atoms with van der Waals surface area (Å²) in [5.41, 5.74) is 0. The third-order valence-electron chi connectivity index (χ3n) is 1.53. The molecule has 0 N–H and O–H groups in total. The molecule has 0 atom stereocenters. The second-order valence-electron chi connectivity index (χ2n) is 2.63. The zero-order valence-corrected chi connectivity index (χ0v) is 10.1. The van der Waals surface area contributed by atoms with Crippen molar-refractivity contribution < 1.29 is 19.1 Å². The first-order chi connectivity index (χ1) is 5.18. The Labute approximate surface area is 77.6 Å². The summed E-state index contributed by atoms with van der Waals surface area (Å²) in [6.45, 7) is 11.1. The molecule has 0 aromatic carbocycles. The minimum atomic E-state index is -2.35. The van der Waals surface area contributed by atoms with E-state index in [1.54, 1.807) is 0 Å². The summed E-state index contributed by atoms with van der Waals surface area (Å²) in [5.74, 6) is 0. The number of hydrogen-bond donors (Lipinski definition) is 0. The molecule has 62 valence electrons. The van der Waals surface area contributed by atoms with Gasteiger partial charge in [0.05, 0.1) is 0 Å². The molecule has 0 saturated carbocycles. The van der Waals surface area contributed by atoms with Gasteiger partial charge >= 0.3 is 77.9 Å². The van der Waals surface area contributed by atoms with Gasteiger partial charge in [0.1, 0.15) is 0 Å². The van der Waals surface area contributed by atoms with Crippen molar-refractivity contribution in [1.29, 1.82) is 0 Å². The van der Waals surface area contributed by atoms with Crippen molar-refractivity contribution >= 4 is 8.51 Å². The van der Waals surface area contributed by atoms with Gasteiger partial charge in [-0.2, -0.15) is 0 Å². The van der Waals surface area contributed by atoms with E-state index in [1.807, 2.05) is 18.2 Å². The standard InChI is InChI=1S/3C3H5.ClH.Zr/c3*1-3-2;;/h3*3H,1-2H2;1H;/q;;;;+1/p-1. The van der Waals surface area contributed by atoms with Crippen molar-refractivity contribution in [3.63, 3.8) is 0 Å². The monoisotopic (exact) mass is 248 g/mol. The zero-order chi connectivity index (χ0) is 8.74. The van der Waals surface area contributed by atoms with Gasteiger partial charge in [-0.1, -0.05) is 0 Å². The summed E-state index contributed by atoms with van der Waals surface area (Å²) < 4.78 is 3.02. The van der Waals surface area contributed by atoms with Gasteiger partial charge in [0.25, 0.3) is 0 Å². The van der Waals surface area contributed by atoms with Crippen LogP contribution < -0.4 is 0 Å². The summed E-state index contributed by atoms with van der Waals surface area (Å²) in [7, 11) is 6.44. The van der Waals surface area contributed by atoms with Crippen LogP contribution in [0.15, 0.2) is 38.0 Å². The topological polar surface area (TPSA) is 0 Å². The predicted octanol–water partition coefficient (Wildman–Crippen LogP) is 4.11. The van der Waals surface area contributed by atoms with Crippen molar-refractivity contribution in [2.75, 3.05) is 0 Å². The molecule has 0 spiro atoms. The van der Waals surface area contributed by atoms with Gasteiger partial charge in [-0.15, -0.1) is 0 Å². The van der Waals surface area contributed by atoms with Crippen LogP contribution in [0.2, 0.25) is 12.4 Å². The fraction of sp³-hybridized carbons (Fsp3) is 0.333. The van der Waals surface area contributed by atoms with E-state index in [4.69, 9.17) is 8.51 Å². The first-order valence-electron chi connectivity index (χ1n) is 3.70. The summed E-state index contributed by atoms with van der Waals surface area (Å²) in [5, 5.41) is 0. The van der Waals surface area contributed by atoms with Gasteiger partial charge < -0.3 is 0 Å². The van der Waals surface area contributed by atoms with E-state index in [1.165, 1.54) is 0 Å². The molecule has 0 amide bonds. The predicted molar refractivity (Wildman–Crippen MR) is 50.9 cm³/mol. The molecule has 0 aliphatic carbocycles. The third-order valence-corrected chi connectivity index (χ3v) is 11.8. The van der Waals surface area contributed by atoms with Crippen LogP contribution in [0.3, 0.4) is 0 Å². The molecule has 0 unspecified atom stereocenters. The average molecular weight is 250 g/mol. The summed E-state index contributed by atoms with van der Waals surface area (Å²) in [4.78, 5) is 0. The van der Waals surface area contributed by atoms with E-state index < -0.39 is 19.1 Å². The van der Waals surface area contributed by atoms with E-state index in [-0.39, 0.29) is 0 Å². The molecule has 0 aromatic heterocycles. The average Bonchev–Trinajstić information content (AvgIpc) is 1.88. The Morgan fingerprint density at radius 2 is 1.18 bits per heavy atom. The molecular weight excluding hydrogens is 235 g/mol. The molecule has 0 aliphatic rings. The maximum absolute atomic E-state index is 6.44. The van der Waals surface area contributed by atoms with Gasteiger partial charge in [-0.25, -0.2) is 0 Å². The Kier molecular flexibility index (Phi) is 6.18. The molecule has 2 heteroatoms. The molecule has 0 nitrogen and oxygen atoms in total. The number of halogens is 1. The maximum atomic E-state index is 6.44. The molecule has 0 heterocycles. The quantitative estimate of drug-likeness (QED) is 0.622. The van der Waals surface area contributed by atoms with Crippen LogP contribution in [0.25, 0.3) is 0 Å². The molecule has 0 radical (unpaired) electrons. The molecule has 0 aromatic rings. The molecular formula is C9H15ClZr. The zero-order valence-electron chi connectivity index (χ0n) is 6.85. The summed E-state index contributed by atoms with van der Waals surface area (Å²) in [6, 6.07) is 0. The van der Waals surface area contributed by atoms with E-state index in [0.29, 0.717) is 0 Å². The third kappa shape index (κ3) is 4.77. The Balaban J connectivity index is 4.09. The number of rotatable bonds is 6. The van der Waals surface area contributed by atoms with Crippen molar-refractivity contribution in [2.24, 2.45) is 0 Å².